The third kappa shape index (κ3) is 4.97. The summed E-state index contributed by atoms with van der Waals surface area (Å²) in [7, 11) is -0.950. The Bertz CT molecular complexity index is 518. The summed E-state index contributed by atoms with van der Waals surface area (Å²) in [6.45, 7) is 14.3. The number of rotatable bonds is 2. The first-order valence-electron chi connectivity index (χ1n) is 9.01. The van der Waals surface area contributed by atoms with Crippen LogP contribution in [-0.4, -0.2) is 48.0 Å². The minimum Gasteiger partial charge on any atom is -0.444 e. The van der Waals surface area contributed by atoms with Crippen molar-refractivity contribution in [1.29, 1.82) is 0 Å². The van der Waals surface area contributed by atoms with Gasteiger partial charge in [-0.05, 0) is 67.2 Å². The van der Waals surface area contributed by atoms with E-state index < -0.39 is 23.9 Å². The molecule has 0 radical (unpaired) electrons. The third-order valence-corrected chi connectivity index (χ3v) is 5.06. The van der Waals surface area contributed by atoms with Crippen LogP contribution in [0.15, 0.2) is 11.8 Å². The highest BCUT2D eigenvalue weighted by Crippen LogP contribution is 2.39. The Labute approximate surface area is 151 Å². The number of hydrogen-bond acceptors (Lipinski definition) is 4. The fraction of sp³-hybridized carbons (Fsp3) is 0.833. The van der Waals surface area contributed by atoms with Crippen molar-refractivity contribution >= 4 is 13.2 Å². The zero-order valence-electron chi connectivity index (χ0n) is 16.5. The molecule has 142 valence electrons. The number of carbonyl (C=O) groups is 1. The summed E-state index contributed by atoms with van der Waals surface area (Å²) in [5, 5.41) is 0. The molecule has 2 fully saturated rings. The average Bonchev–Trinajstić information content (AvgIpc) is 2.66. The van der Waals surface area contributed by atoms with Crippen LogP contribution in [0.3, 0.4) is 0 Å². The van der Waals surface area contributed by atoms with Crippen LogP contribution < -0.4 is 0 Å². The molecule has 0 aromatic rings. The Morgan fingerprint density at radius 2 is 1.64 bits per heavy atom. The Kier molecular flexibility index (Phi) is 5.60. The lowest BCUT2D eigenvalue weighted by molar-refractivity contribution is 0.00578. The smallest absolute Gasteiger partial charge is 0.444 e. The normalized spacial score (nSPS) is 24.6. The van der Waals surface area contributed by atoms with E-state index in [-0.39, 0.29) is 17.7 Å². The van der Waals surface area contributed by atoms with Crippen LogP contribution in [-0.2, 0) is 14.0 Å². The predicted octanol–water partition coefficient (Wildman–Crippen LogP) is 4.12. The van der Waals surface area contributed by atoms with Gasteiger partial charge in [-0.2, -0.15) is 0 Å². The number of halogens is 1. The molecule has 0 spiro atoms. The van der Waals surface area contributed by atoms with Crippen LogP contribution in [0.25, 0.3) is 0 Å². The summed E-state index contributed by atoms with van der Waals surface area (Å²) in [6, 6.07) is 0. The molecule has 2 saturated heterocycles. The van der Waals surface area contributed by atoms with Gasteiger partial charge in [0.15, 0.2) is 0 Å². The molecule has 5 nitrogen and oxygen atoms in total. The summed E-state index contributed by atoms with van der Waals surface area (Å²) in [5.74, 6) is 0.0673. The fourth-order valence-electron chi connectivity index (χ4n) is 2.83. The van der Waals surface area contributed by atoms with Crippen molar-refractivity contribution in [3.63, 3.8) is 0 Å². The zero-order chi connectivity index (χ0) is 19.0. The molecule has 0 aromatic heterocycles. The molecule has 2 heterocycles. The van der Waals surface area contributed by atoms with E-state index in [0.717, 1.165) is 0 Å². The van der Waals surface area contributed by atoms with Crippen LogP contribution in [0.1, 0.15) is 61.3 Å². The van der Waals surface area contributed by atoms with E-state index in [2.05, 4.69) is 0 Å². The van der Waals surface area contributed by atoms with Crippen molar-refractivity contribution in [3.05, 3.63) is 11.8 Å². The second-order valence-electron chi connectivity index (χ2n) is 8.94. The third-order valence-electron chi connectivity index (χ3n) is 5.06. The molecule has 2 aliphatic heterocycles. The molecule has 0 unspecified atom stereocenters. The first-order valence-corrected chi connectivity index (χ1v) is 9.01. The molecule has 0 aromatic carbocycles. The summed E-state index contributed by atoms with van der Waals surface area (Å²) in [5.41, 5.74) is -1.99. The summed E-state index contributed by atoms with van der Waals surface area (Å²) >= 11 is 0. The number of nitrogens with zero attached hydrogens (tertiary/aromatic N) is 1. The standard InChI is InChI=1S/C18H31BFNO4/c1-16(2,3)23-15(22)21-10-8-13(9-11-21)12-14(20)19-24-17(4,5)18(6,7)25-19/h12-13H,8-11H2,1-7H3. The molecule has 2 aliphatic rings. The van der Waals surface area contributed by atoms with E-state index in [1.165, 1.54) is 0 Å². The lowest BCUT2D eigenvalue weighted by Crippen LogP contribution is -2.41. The maximum absolute atomic E-state index is 14.6. The minimum absolute atomic E-state index is 0.0673. The van der Waals surface area contributed by atoms with E-state index in [9.17, 15) is 9.18 Å². The minimum atomic E-state index is -0.950. The molecule has 0 bridgehead atoms. The van der Waals surface area contributed by atoms with Crippen LogP contribution in [0.4, 0.5) is 9.18 Å². The van der Waals surface area contributed by atoms with Crippen molar-refractivity contribution in [2.75, 3.05) is 13.1 Å². The van der Waals surface area contributed by atoms with Gasteiger partial charge in [-0.25, -0.2) is 9.18 Å². The topological polar surface area (TPSA) is 48.0 Å². The van der Waals surface area contributed by atoms with Crippen molar-refractivity contribution in [2.45, 2.75) is 78.1 Å². The van der Waals surface area contributed by atoms with E-state index in [1.807, 2.05) is 48.5 Å². The lowest BCUT2D eigenvalue weighted by Gasteiger charge is -2.32. The Morgan fingerprint density at radius 1 is 1.16 bits per heavy atom. The van der Waals surface area contributed by atoms with Crippen molar-refractivity contribution in [3.8, 4) is 0 Å². The largest absolute Gasteiger partial charge is 0.524 e. The molecule has 2 rings (SSSR count). The van der Waals surface area contributed by atoms with Gasteiger partial charge in [0.1, 0.15) is 11.3 Å². The van der Waals surface area contributed by atoms with E-state index in [1.54, 1.807) is 11.0 Å². The second kappa shape index (κ2) is 6.91. The molecule has 0 saturated carbocycles. The number of amides is 1. The molecule has 1 amide bonds. The molecule has 25 heavy (non-hydrogen) atoms. The Morgan fingerprint density at radius 3 is 2.08 bits per heavy atom. The Balaban J connectivity index is 1.89. The monoisotopic (exact) mass is 355 g/mol. The van der Waals surface area contributed by atoms with Crippen LogP contribution in [0, 0.1) is 5.92 Å². The van der Waals surface area contributed by atoms with Gasteiger partial charge in [0, 0.05) is 13.1 Å². The summed E-state index contributed by atoms with van der Waals surface area (Å²) < 4.78 is 31.4. The van der Waals surface area contributed by atoms with Gasteiger partial charge in [-0.15, -0.1) is 0 Å². The highest BCUT2D eigenvalue weighted by molar-refractivity contribution is 6.53. The molecule has 0 aliphatic carbocycles. The number of piperidine rings is 1. The molecule has 7 heteroatoms. The van der Waals surface area contributed by atoms with Gasteiger partial charge < -0.3 is 18.9 Å². The lowest BCUT2D eigenvalue weighted by atomic mass is 9.84. The van der Waals surface area contributed by atoms with Crippen molar-refractivity contribution in [2.24, 2.45) is 5.92 Å². The highest BCUT2D eigenvalue weighted by Gasteiger charge is 2.53. The number of carbonyl (C=O) groups excluding carboxylic acids is 1. The van der Waals surface area contributed by atoms with E-state index in [0.29, 0.717) is 25.9 Å². The van der Waals surface area contributed by atoms with Gasteiger partial charge in [-0.1, -0.05) is 6.08 Å². The molecular weight excluding hydrogens is 324 g/mol. The molecule has 0 atom stereocenters. The molecule has 0 N–H and O–H groups in total. The van der Waals surface area contributed by atoms with E-state index in [4.69, 9.17) is 14.0 Å². The van der Waals surface area contributed by atoms with Crippen molar-refractivity contribution in [1.82, 2.24) is 4.90 Å². The van der Waals surface area contributed by atoms with Gasteiger partial charge in [0.25, 0.3) is 0 Å². The van der Waals surface area contributed by atoms with Gasteiger partial charge in [0.05, 0.1) is 11.2 Å². The van der Waals surface area contributed by atoms with Gasteiger partial charge >= 0.3 is 13.2 Å². The van der Waals surface area contributed by atoms with Crippen LogP contribution in [0.2, 0.25) is 0 Å². The maximum atomic E-state index is 14.6. The highest BCUT2D eigenvalue weighted by atomic mass is 19.1. The number of hydrogen-bond donors (Lipinski definition) is 0. The van der Waals surface area contributed by atoms with Gasteiger partial charge in [-0.3, -0.25) is 0 Å². The summed E-state index contributed by atoms with van der Waals surface area (Å²) in [6.07, 6.45) is 2.69. The zero-order valence-corrected chi connectivity index (χ0v) is 16.5. The second-order valence-corrected chi connectivity index (χ2v) is 8.94. The molecular formula is C18H31BFNO4. The van der Waals surface area contributed by atoms with Gasteiger partial charge in [0.2, 0.25) is 0 Å². The number of ether oxygens (including phenoxy) is 1. The first-order chi connectivity index (χ1) is 11.3. The SMILES string of the molecule is CC(C)(C)OC(=O)N1CCC(C=C(F)B2OC(C)(C)C(C)(C)O2)CC1. The summed E-state index contributed by atoms with van der Waals surface area (Å²) in [4.78, 5) is 13.8. The first kappa shape index (κ1) is 20.2. The number of likely N-dealkylation sites (tertiary alicyclic amines) is 1. The predicted molar refractivity (Wildman–Crippen MR) is 95.8 cm³/mol. The Hall–Kier alpha value is -1.08. The maximum Gasteiger partial charge on any atom is 0.524 e. The van der Waals surface area contributed by atoms with E-state index >= 15 is 0 Å². The van der Waals surface area contributed by atoms with Crippen molar-refractivity contribution < 1.29 is 23.2 Å². The van der Waals surface area contributed by atoms with Crippen LogP contribution >= 0.6 is 0 Å². The quantitative estimate of drug-likeness (QED) is 0.699. The van der Waals surface area contributed by atoms with Crippen LogP contribution in [0.5, 0.6) is 0 Å². The fourth-order valence-corrected chi connectivity index (χ4v) is 2.83. The number of allylic oxidation sites excluding steroid dienone is 1. The average molecular weight is 355 g/mol.